The van der Waals surface area contributed by atoms with Crippen molar-refractivity contribution in [1.29, 1.82) is 5.26 Å². The number of ether oxygens (including phenoxy) is 1. The Morgan fingerprint density at radius 2 is 2.17 bits per heavy atom. The Bertz CT molecular complexity index is 679. The summed E-state index contributed by atoms with van der Waals surface area (Å²) in [6.45, 7) is 2.27. The van der Waals surface area contributed by atoms with Crippen LogP contribution in [-0.4, -0.2) is 23.5 Å². The first kappa shape index (κ1) is 16.9. The van der Waals surface area contributed by atoms with Crippen LogP contribution in [0.4, 0.5) is 0 Å². The second-order valence-corrected chi connectivity index (χ2v) is 5.34. The van der Waals surface area contributed by atoms with E-state index in [0.29, 0.717) is 29.6 Å². The maximum Gasteiger partial charge on any atom is 0.263 e. The fraction of sp³-hybridized carbons (Fsp3) is 0.294. The first-order valence-corrected chi connectivity index (χ1v) is 7.59. The van der Waals surface area contributed by atoms with E-state index < -0.39 is 6.10 Å². The van der Waals surface area contributed by atoms with Crippen molar-refractivity contribution in [2.45, 2.75) is 26.0 Å². The molecule has 5 nitrogen and oxygen atoms in total. The molecule has 0 bridgehead atoms. The molecule has 1 aromatic carbocycles. The number of furan rings is 1. The molecule has 0 saturated heterocycles. The Balaban J connectivity index is 2.06. The van der Waals surface area contributed by atoms with Crippen molar-refractivity contribution in [1.82, 2.24) is 4.90 Å². The molecule has 1 atom stereocenters. The van der Waals surface area contributed by atoms with E-state index in [1.165, 1.54) is 0 Å². The fourth-order valence-corrected chi connectivity index (χ4v) is 2.26. The van der Waals surface area contributed by atoms with Crippen LogP contribution in [0, 0.1) is 11.3 Å². The van der Waals surface area contributed by atoms with Gasteiger partial charge in [0.2, 0.25) is 0 Å². The van der Waals surface area contributed by atoms with Gasteiger partial charge in [0.1, 0.15) is 11.5 Å². The van der Waals surface area contributed by atoms with Crippen LogP contribution in [0.25, 0.3) is 0 Å². The molecule has 0 spiro atoms. The van der Waals surface area contributed by atoms with E-state index in [1.54, 1.807) is 54.5 Å². The van der Waals surface area contributed by atoms with Gasteiger partial charge >= 0.3 is 0 Å². The van der Waals surface area contributed by atoms with Crippen molar-refractivity contribution in [2.75, 3.05) is 6.54 Å². The highest BCUT2D eigenvalue weighted by molar-refractivity contribution is 6.32. The van der Waals surface area contributed by atoms with E-state index in [4.69, 9.17) is 26.0 Å². The first-order valence-electron chi connectivity index (χ1n) is 7.21. The highest BCUT2D eigenvalue weighted by Crippen LogP contribution is 2.24. The van der Waals surface area contributed by atoms with Crippen LogP contribution in [0.15, 0.2) is 47.1 Å². The Labute approximate surface area is 140 Å². The highest BCUT2D eigenvalue weighted by Gasteiger charge is 2.23. The molecule has 6 heteroatoms. The van der Waals surface area contributed by atoms with Crippen molar-refractivity contribution in [2.24, 2.45) is 0 Å². The number of carbonyl (C=O) groups is 1. The maximum atomic E-state index is 12.6. The van der Waals surface area contributed by atoms with Crippen molar-refractivity contribution >= 4 is 17.5 Å². The summed E-state index contributed by atoms with van der Waals surface area (Å²) in [6, 6.07) is 12.6. The number of carbonyl (C=O) groups excluding carboxylic acids is 1. The summed E-state index contributed by atoms with van der Waals surface area (Å²) in [7, 11) is 0. The Morgan fingerprint density at radius 3 is 2.83 bits per heavy atom. The quantitative estimate of drug-likeness (QED) is 0.776. The third kappa shape index (κ3) is 4.76. The minimum atomic E-state index is -0.719. The van der Waals surface area contributed by atoms with Crippen LogP contribution in [0.1, 0.15) is 19.1 Å². The lowest BCUT2D eigenvalue weighted by Crippen LogP contribution is -2.40. The average molecular weight is 333 g/mol. The van der Waals surface area contributed by atoms with E-state index in [-0.39, 0.29) is 12.3 Å². The largest absolute Gasteiger partial charge is 0.479 e. The maximum absolute atomic E-state index is 12.6. The van der Waals surface area contributed by atoms with Gasteiger partial charge in [0.25, 0.3) is 5.91 Å². The fourth-order valence-electron chi connectivity index (χ4n) is 2.08. The first-order chi connectivity index (χ1) is 11.1. The standard InChI is InChI=1S/C17H17ClN2O3/c1-13(23-16-8-3-2-7-15(16)18)17(21)20(10-5-9-19)12-14-6-4-11-22-14/h2-4,6-8,11,13H,5,10,12H2,1H3. The van der Waals surface area contributed by atoms with Crippen molar-refractivity contribution < 1.29 is 13.9 Å². The van der Waals surface area contributed by atoms with E-state index in [9.17, 15) is 4.79 Å². The molecule has 0 N–H and O–H groups in total. The number of amides is 1. The Kier molecular flexibility index (Phi) is 6.07. The van der Waals surface area contributed by atoms with Gasteiger partial charge in [-0.05, 0) is 31.2 Å². The number of nitriles is 1. The molecule has 1 heterocycles. The lowest BCUT2D eigenvalue weighted by Gasteiger charge is -2.24. The Hall–Kier alpha value is -2.45. The van der Waals surface area contributed by atoms with Crippen molar-refractivity contribution in [3.05, 3.63) is 53.4 Å². The molecule has 2 rings (SSSR count). The van der Waals surface area contributed by atoms with Gasteiger partial charge in [-0.2, -0.15) is 5.26 Å². The van der Waals surface area contributed by atoms with Crippen LogP contribution >= 0.6 is 11.6 Å². The molecule has 0 aliphatic carbocycles. The van der Waals surface area contributed by atoms with Gasteiger partial charge in [-0.25, -0.2) is 0 Å². The third-order valence-electron chi connectivity index (χ3n) is 3.22. The lowest BCUT2D eigenvalue weighted by atomic mass is 10.2. The lowest BCUT2D eigenvalue weighted by molar-refractivity contribution is -0.138. The van der Waals surface area contributed by atoms with Crippen LogP contribution in [0.5, 0.6) is 5.75 Å². The van der Waals surface area contributed by atoms with Gasteiger partial charge in [0.05, 0.1) is 30.3 Å². The number of halogens is 1. The van der Waals surface area contributed by atoms with E-state index in [0.717, 1.165) is 0 Å². The molecule has 1 unspecified atom stereocenters. The van der Waals surface area contributed by atoms with Crippen LogP contribution in [0.3, 0.4) is 0 Å². The summed E-state index contributed by atoms with van der Waals surface area (Å²) < 4.78 is 10.9. The van der Waals surface area contributed by atoms with Gasteiger partial charge in [-0.3, -0.25) is 4.79 Å². The minimum absolute atomic E-state index is 0.225. The summed E-state index contributed by atoms with van der Waals surface area (Å²) in [5, 5.41) is 9.22. The van der Waals surface area contributed by atoms with Crippen molar-refractivity contribution in [3.63, 3.8) is 0 Å². The minimum Gasteiger partial charge on any atom is -0.479 e. The third-order valence-corrected chi connectivity index (χ3v) is 3.53. The monoisotopic (exact) mass is 332 g/mol. The molecule has 1 aromatic heterocycles. The molecule has 0 radical (unpaired) electrons. The number of hydrogen-bond donors (Lipinski definition) is 0. The highest BCUT2D eigenvalue weighted by atomic mass is 35.5. The number of nitrogens with zero attached hydrogens (tertiary/aromatic N) is 2. The number of rotatable bonds is 7. The van der Waals surface area contributed by atoms with Gasteiger partial charge in [0, 0.05) is 6.54 Å². The SMILES string of the molecule is CC(Oc1ccccc1Cl)C(=O)N(CCC#N)Cc1ccco1. The molecule has 0 saturated carbocycles. The molecule has 23 heavy (non-hydrogen) atoms. The molecular formula is C17H17ClN2O3. The number of hydrogen-bond acceptors (Lipinski definition) is 4. The second kappa shape index (κ2) is 8.25. The van der Waals surface area contributed by atoms with E-state index in [1.807, 2.05) is 6.07 Å². The van der Waals surface area contributed by atoms with E-state index >= 15 is 0 Å². The van der Waals surface area contributed by atoms with Gasteiger partial charge < -0.3 is 14.1 Å². The molecule has 0 aliphatic heterocycles. The van der Waals surface area contributed by atoms with Crippen LogP contribution in [0.2, 0.25) is 5.02 Å². The number of para-hydroxylation sites is 1. The molecular weight excluding hydrogens is 316 g/mol. The number of benzene rings is 1. The summed E-state index contributed by atoms with van der Waals surface area (Å²) in [5.74, 6) is 0.881. The molecule has 120 valence electrons. The molecule has 2 aromatic rings. The second-order valence-electron chi connectivity index (χ2n) is 4.94. The van der Waals surface area contributed by atoms with Gasteiger partial charge in [0.15, 0.2) is 6.10 Å². The normalized spacial score (nSPS) is 11.5. The summed E-state index contributed by atoms with van der Waals surface area (Å²) in [5.41, 5.74) is 0. The zero-order valence-electron chi connectivity index (χ0n) is 12.7. The predicted octanol–water partition coefficient (Wildman–Crippen LogP) is 3.64. The zero-order valence-corrected chi connectivity index (χ0v) is 13.5. The van der Waals surface area contributed by atoms with Gasteiger partial charge in [-0.1, -0.05) is 23.7 Å². The summed E-state index contributed by atoms with van der Waals surface area (Å²) in [6.07, 6.45) is 1.07. The van der Waals surface area contributed by atoms with Crippen LogP contribution < -0.4 is 4.74 Å². The van der Waals surface area contributed by atoms with Crippen LogP contribution in [-0.2, 0) is 11.3 Å². The van der Waals surface area contributed by atoms with E-state index in [2.05, 4.69) is 0 Å². The van der Waals surface area contributed by atoms with Gasteiger partial charge in [-0.15, -0.1) is 0 Å². The molecule has 1 amide bonds. The topological polar surface area (TPSA) is 66.5 Å². The molecule has 0 fully saturated rings. The summed E-state index contributed by atoms with van der Waals surface area (Å²) in [4.78, 5) is 14.1. The smallest absolute Gasteiger partial charge is 0.263 e. The average Bonchev–Trinajstić information content (AvgIpc) is 3.06. The predicted molar refractivity (Wildman–Crippen MR) is 85.9 cm³/mol. The Morgan fingerprint density at radius 1 is 1.39 bits per heavy atom. The zero-order chi connectivity index (χ0) is 16.7. The van der Waals surface area contributed by atoms with Crippen molar-refractivity contribution in [3.8, 4) is 11.8 Å². The molecule has 0 aliphatic rings. The summed E-state index contributed by atoms with van der Waals surface area (Å²) >= 11 is 6.04.